The Kier molecular flexibility index (Phi) is 5.81. The second kappa shape index (κ2) is 6.91. The molecule has 1 atom stereocenters. The molecular formula is C13H21NS. The minimum Gasteiger partial charge on any atom is -0.309 e. The average molecular weight is 223 g/mol. The molecule has 0 aliphatic heterocycles. The zero-order valence-corrected chi connectivity index (χ0v) is 10.7. The second-order valence-electron chi connectivity index (χ2n) is 3.87. The Bertz CT molecular complexity index is 286. The highest BCUT2D eigenvalue weighted by Gasteiger charge is 2.04. The number of nitrogens with one attached hydrogen (secondary N) is 1. The Morgan fingerprint density at radius 1 is 1.33 bits per heavy atom. The van der Waals surface area contributed by atoms with Gasteiger partial charge in [-0.1, -0.05) is 31.2 Å². The molecule has 1 rings (SSSR count). The lowest BCUT2D eigenvalue weighted by Gasteiger charge is -2.16. The lowest BCUT2D eigenvalue weighted by atomic mass is 10.1. The molecule has 0 spiro atoms. The van der Waals surface area contributed by atoms with E-state index >= 15 is 0 Å². The molecule has 15 heavy (non-hydrogen) atoms. The van der Waals surface area contributed by atoms with Gasteiger partial charge in [0.2, 0.25) is 0 Å². The fourth-order valence-corrected chi connectivity index (χ4v) is 2.34. The Labute approximate surface area is 97.7 Å². The van der Waals surface area contributed by atoms with Crippen LogP contribution in [0, 0.1) is 6.92 Å². The van der Waals surface area contributed by atoms with Crippen molar-refractivity contribution in [2.75, 3.05) is 12.0 Å². The van der Waals surface area contributed by atoms with Crippen molar-refractivity contribution in [2.24, 2.45) is 0 Å². The van der Waals surface area contributed by atoms with Crippen LogP contribution in [0.2, 0.25) is 0 Å². The minimum atomic E-state index is 0.639. The number of benzene rings is 1. The van der Waals surface area contributed by atoms with Crippen molar-refractivity contribution in [2.45, 2.75) is 32.9 Å². The molecule has 1 N–H and O–H groups in total. The van der Waals surface area contributed by atoms with Crippen molar-refractivity contribution in [3.8, 4) is 0 Å². The third-order valence-electron chi connectivity index (χ3n) is 2.70. The molecule has 0 aliphatic rings. The summed E-state index contributed by atoms with van der Waals surface area (Å²) in [4.78, 5) is 0. The summed E-state index contributed by atoms with van der Waals surface area (Å²) in [5.74, 6) is 1.20. The Hall–Kier alpha value is -0.470. The first kappa shape index (κ1) is 12.6. The average Bonchev–Trinajstić information content (AvgIpc) is 2.26. The number of hydrogen-bond donors (Lipinski definition) is 1. The van der Waals surface area contributed by atoms with E-state index in [0.29, 0.717) is 6.04 Å². The van der Waals surface area contributed by atoms with Gasteiger partial charge in [0.05, 0.1) is 0 Å². The summed E-state index contributed by atoms with van der Waals surface area (Å²) in [6.07, 6.45) is 3.37. The molecule has 1 aromatic carbocycles. The summed E-state index contributed by atoms with van der Waals surface area (Å²) >= 11 is 1.91. The van der Waals surface area contributed by atoms with E-state index in [1.165, 1.54) is 23.3 Å². The fourth-order valence-electron chi connectivity index (χ4n) is 1.59. The van der Waals surface area contributed by atoms with Crippen LogP contribution >= 0.6 is 11.8 Å². The molecular weight excluding hydrogens is 202 g/mol. The van der Waals surface area contributed by atoms with Gasteiger partial charge in [0.25, 0.3) is 0 Å². The van der Waals surface area contributed by atoms with E-state index in [4.69, 9.17) is 0 Å². The number of thioether (sulfide) groups is 1. The predicted molar refractivity (Wildman–Crippen MR) is 70.5 cm³/mol. The van der Waals surface area contributed by atoms with E-state index in [0.717, 1.165) is 6.54 Å². The van der Waals surface area contributed by atoms with Gasteiger partial charge in [0.1, 0.15) is 0 Å². The first-order chi connectivity index (χ1) is 7.27. The van der Waals surface area contributed by atoms with Gasteiger partial charge in [-0.2, -0.15) is 11.8 Å². The Morgan fingerprint density at radius 3 is 2.67 bits per heavy atom. The van der Waals surface area contributed by atoms with Gasteiger partial charge in [-0.15, -0.1) is 0 Å². The lowest BCUT2D eigenvalue weighted by molar-refractivity contribution is 0.540. The van der Waals surface area contributed by atoms with Crippen LogP contribution in [0.15, 0.2) is 24.3 Å². The smallest absolute Gasteiger partial charge is 0.0211 e. The maximum atomic E-state index is 3.61. The van der Waals surface area contributed by atoms with Gasteiger partial charge in [-0.25, -0.2) is 0 Å². The van der Waals surface area contributed by atoms with Crippen LogP contribution in [0.25, 0.3) is 0 Å². The second-order valence-corrected chi connectivity index (χ2v) is 4.78. The van der Waals surface area contributed by atoms with E-state index < -0.39 is 0 Å². The Balaban J connectivity index is 2.45. The highest BCUT2D eigenvalue weighted by atomic mass is 32.2. The highest BCUT2D eigenvalue weighted by molar-refractivity contribution is 7.98. The monoisotopic (exact) mass is 223 g/mol. The van der Waals surface area contributed by atoms with Crippen molar-refractivity contribution in [3.05, 3.63) is 35.4 Å². The summed E-state index contributed by atoms with van der Waals surface area (Å²) in [6.45, 7) is 5.41. The molecule has 0 radical (unpaired) electrons. The van der Waals surface area contributed by atoms with Crippen molar-refractivity contribution < 1.29 is 0 Å². The molecule has 1 unspecified atom stereocenters. The van der Waals surface area contributed by atoms with Crippen LogP contribution in [-0.4, -0.2) is 18.1 Å². The van der Waals surface area contributed by atoms with Gasteiger partial charge in [0, 0.05) is 18.3 Å². The molecule has 84 valence electrons. The van der Waals surface area contributed by atoms with Crippen molar-refractivity contribution in [1.82, 2.24) is 5.32 Å². The van der Waals surface area contributed by atoms with E-state index in [2.05, 4.69) is 49.7 Å². The fraction of sp³-hybridized carbons (Fsp3) is 0.538. The largest absolute Gasteiger partial charge is 0.309 e. The zero-order chi connectivity index (χ0) is 11.1. The van der Waals surface area contributed by atoms with Crippen LogP contribution in [0.4, 0.5) is 0 Å². The maximum absolute atomic E-state index is 3.61. The number of hydrogen-bond acceptors (Lipinski definition) is 2. The minimum absolute atomic E-state index is 0.639. The van der Waals surface area contributed by atoms with Crippen LogP contribution in [-0.2, 0) is 6.54 Å². The predicted octanol–water partition coefficient (Wildman–Crippen LogP) is 3.23. The third-order valence-corrected chi connectivity index (χ3v) is 3.44. The maximum Gasteiger partial charge on any atom is 0.0211 e. The SMILES string of the molecule is CCC(CSC)NCc1ccccc1C. The molecule has 0 heterocycles. The molecule has 0 bridgehead atoms. The summed E-state index contributed by atoms with van der Waals surface area (Å²) in [5.41, 5.74) is 2.79. The zero-order valence-electron chi connectivity index (χ0n) is 9.92. The molecule has 1 aromatic rings. The van der Waals surface area contributed by atoms with Crippen LogP contribution in [0.3, 0.4) is 0 Å². The first-order valence-electron chi connectivity index (χ1n) is 5.54. The van der Waals surface area contributed by atoms with Crippen LogP contribution < -0.4 is 5.32 Å². The molecule has 0 aliphatic carbocycles. The van der Waals surface area contributed by atoms with E-state index in [1.54, 1.807) is 0 Å². The van der Waals surface area contributed by atoms with Crippen molar-refractivity contribution in [1.29, 1.82) is 0 Å². The first-order valence-corrected chi connectivity index (χ1v) is 6.94. The van der Waals surface area contributed by atoms with Gasteiger partial charge in [0.15, 0.2) is 0 Å². The summed E-state index contributed by atoms with van der Waals surface area (Å²) in [6, 6.07) is 9.22. The van der Waals surface area contributed by atoms with Crippen molar-refractivity contribution >= 4 is 11.8 Å². The molecule has 0 fully saturated rings. The highest BCUT2D eigenvalue weighted by Crippen LogP contribution is 2.08. The Morgan fingerprint density at radius 2 is 2.07 bits per heavy atom. The van der Waals surface area contributed by atoms with Gasteiger partial charge in [-0.05, 0) is 30.7 Å². The van der Waals surface area contributed by atoms with E-state index in [9.17, 15) is 0 Å². The molecule has 1 nitrogen and oxygen atoms in total. The standard InChI is InChI=1S/C13H21NS/c1-4-13(10-15-3)14-9-12-8-6-5-7-11(12)2/h5-8,13-14H,4,9-10H2,1-3H3. The summed E-state index contributed by atoms with van der Waals surface area (Å²) < 4.78 is 0. The summed E-state index contributed by atoms with van der Waals surface area (Å²) in [5, 5.41) is 3.61. The normalized spacial score (nSPS) is 12.7. The number of rotatable bonds is 6. The quantitative estimate of drug-likeness (QED) is 0.794. The molecule has 0 saturated heterocycles. The lowest BCUT2D eigenvalue weighted by Crippen LogP contribution is -2.30. The molecule has 2 heteroatoms. The van der Waals surface area contributed by atoms with Crippen LogP contribution in [0.5, 0.6) is 0 Å². The van der Waals surface area contributed by atoms with Gasteiger partial charge >= 0.3 is 0 Å². The van der Waals surface area contributed by atoms with Gasteiger partial charge < -0.3 is 5.32 Å². The molecule has 0 amide bonds. The van der Waals surface area contributed by atoms with E-state index in [1.807, 2.05) is 11.8 Å². The molecule has 0 aromatic heterocycles. The van der Waals surface area contributed by atoms with Crippen LogP contribution in [0.1, 0.15) is 24.5 Å². The molecule has 0 saturated carbocycles. The van der Waals surface area contributed by atoms with Gasteiger partial charge in [-0.3, -0.25) is 0 Å². The summed E-state index contributed by atoms with van der Waals surface area (Å²) in [7, 11) is 0. The third kappa shape index (κ3) is 4.27. The number of aryl methyl sites for hydroxylation is 1. The van der Waals surface area contributed by atoms with E-state index in [-0.39, 0.29) is 0 Å². The van der Waals surface area contributed by atoms with Crippen molar-refractivity contribution in [3.63, 3.8) is 0 Å². The topological polar surface area (TPSA) is 12.0 Å².